The Morgan fingerprint density at radius 1 is 1.02 bits per heavy atom. The van der Waals surface area contributed by atoms with Crippen molar-refractivity contribution in [2.24, 2.45) is 5.73 Å². The number of hydrogen-bond donors (Lipinski definition) is 2. The van der Waals surface area contributed by atoms with Gasteiger partial charge in [-0.2, -0.15) is 18.3 Å². The molecule has 8 nitrogen and oxygen atoms in total. The van der Waals surface area contributed by atoms with Crippen LogP contribution >= 0.6 is 0 Å². The summed E-state index contributed by atoms with van der Waals surface area (Å²) in [5, 5.41) is 16.4. The number of aliphatic hydroxyl groups is 1. The van der Waals surface area contributed by atoms with Gasteiger partial charge in [0.25, 0.3) is 0 Å². The minimum atomic E-state index is -5.12. The summed E-state index contributed by atoms with van der Waals surface area (Å²) in [6.07, 6.45) is -2.53. The highest BCUT2D eigenvalue weighted by atomic mass is 19.4. The fourth-order valence-electron chi connectivity index (χ4n) is 4.88. The van der Waals surface area contributed by atoms with Gasteiger partial charge in [0.2, 0.25) is 17.4 Å². The standard InChI is InChI=1S/C29H26F3N5O3/c1-18-7-10-21(11-8-18)37-24-12-9-20(13-19(24)14-34-37)28(40,29(30,31)32)23-15-36(25-6-4-3-5-22(23)25)17-27(39)35(2)16-26(33)38/h3-15,40H,16-17H2,1-2H3,(H2,33,38). The number of hydrogen-bond acceptors (Lipinski definition) is 4. The molecule has 2 aromatic heterocycles. The Hall–Kier alpha value is -4.64. The molecule has 0 fully saturated rings. The van der Waals surface area contributed by atoms with Crippen molar-refractivity contribution in [2.75, 3.05) is 13.6 Å². The summed E-state index contributed by atoms with van der Waals surface area (Å²) < 4.78 is 47.5. The van der Waals surface area contributed by atoms with E-state index in [2.05, 4.69) is 5.10 Å². The van der Waals surface area contributed by atoms with Crippen molar-refractivity contribution in [3.63, 3.8) is 0 Å². The number of benzene rings is 3. The highest BCUT2D eigenvalue weighted by molar-refractivity contribution is 5.89. The van der Waals surface area contributed by atoms with Gasteiger partial charge in [0, 0.05) is 35.1 Å². The topological polar surface area (TPSA) is 106 Å². The van der Waals surface area contributed by atoms with Gasteiger partial charge in [-0.15, -0.1) is 0 Å². The number of carbonyl (C=O) groups is 2. The Labute approximate surface area is 227 Å². The molecule has 0 saturated carbocycles. The van der Waals surface area contributed by atoms with E-state index in [1.807, 2.05) is 31.2 Å². The van der Waals surface area contributed by atoms with Crippen molar-refractivity contribution < 1.29 is 27.9 Å². The third-order valence-electron chi connectivity index (χ3n) is 6.98. The van der Waals surface area contributed by atoms with Gasteiger partial charge in [0.1, 0.15) is 6.54 Å². The van der Waals surface area contributed by atoms with Gasteiger partial charge in [-0.05, 0) is 42.8 Å². The maximum Gasteiger partial charge on any atom is 0.425 e. The van der Waals surface area contributed by atoms with E-state index in [9.17, 15) is 27.9 Å². The number of fused-ring (bicyclic) bond motifs is 2. The number of nitrogens with zero attached hydrogens (tertiary/aromatic N) is 4. The largest absolute Gasteiger partial charge is 0.425 e. The van der Waals surface area contributed by atoms with Gasteiger partial charge in [-0.1, -0.05) is 42.0 Å². The quantitative estimate of drug-likeness (QED) is 0.320. The van der Waals surface area contributed by atoms with Crippen LogP contribution in [-0.4, -0.2) is 55.9 Å². The second-order valence-corrected chi connectivity index (χ2v) is 9.78. The van der Waals surface area contributed by atoms with Gasteiger partial charge in [0.05, 0.1) is 23.9 Å². The molecule has 2 heterocycles. The summed E-state index contributed by atoms with van der Waals surface area (Å²) in [6, 6.07) is 17.7. The fraction of sp³-hybridized carbons (Fsp3) is 0.207. The number of likely N-dealkylation sites (N-methyl/N-ethyl adjacent to an activating group) is 1. The molecule has 5 aromatic rings. The molecule has 1 atom stereocenters. The second kappa shape index (κ2) is 9.83. The van der Waals surface area contributed by atoms with E-state index in [0.717, 1.165) is 22.3 Å². The van der Waals surface area contributed by atoms with E-state index >= 15 is 0 Å². The number of halogens is 3. The van der Waals surface area contributed by atoms with E-state index < -0.39 is 34.7 Å². The molecule has 3 N–H and O–H groups in total. The molecule has 0 aliphatic heterocycles. The van der Waals surface area contributed by atoms with E-state index in [4.69, 9.17) is 5.73 Å². The summed E-state index contributed by atoms with van der Waals surface area (Å²) in [4.78, 5) is 25.0. The Morgan fingerprint density at radius 2 is 1.73 bits per heavy atom. The first kappa shape index (κ1) is 26.9. The number of rotatable bonds is 7. The van der Waals surface area contributed by atoms with Crippen molar-refractivity contribution in [1.29, 1.82) is 0 Å². The lowest BCUT2D eigenvalue weighted by atomic mass is 9.85. The van der Waals surface area contributed by atoms with Crippen LogP contribution in [0.15, 0.2) is 79.1 Å². The smallest absolute Gasteiger partial charge is 0.372 e. The molecule has 0 spiro atoms. The van der Waals surface area contributed by atoms with Crippen LogP contribution in [0.1, 0.15) is 16.7 Å². The van der Waals surface area contributed by atoms with E-state index in [-0.39, 0.29) is 18.5 Å². The van der Waals surface area contributed by atoms with Crippen LogP contribution in [-0.2, 0) is 21.7 Å². The first-order valence-corrected chi connectivity index (χ1v) is 12.3. The van der Waals surface area contributed by atoms with Crippen LogP contribution in [0.2, 0.25) is 0 Å². The summed E-state index contributed by atoms with van der Waals surface area (Å²) in [5.74, 6) is -1.26. The number of nitrogens with two attached hydrogens (primary N) is 1. The van der Waals surface area contributed by atoms with Crippen LogP contribution in [0.3, 0.4) is 0 Å². The predicted molar refractivity (Wildman–Crippen MR) is 144 cm³/mol. The zero-order valence-electron chi connectivity index (χ0n) is 21.7. The molecule has 40 heavy (non-hydrogen) atoms. The first-order chi connectivity index (χ1) is 18.9. The molecule has 3 aromatic carbocycles. The minimum Gasteiger partial charge on any atom is -0.372 e. The highest BCUT2D eigenvalue weighted by Gasteiger charge is 2.57. The lowest BCUT2D eigenvalue weighted by Crippen LogP contribution is -2.43. The lowest BCUT2D eigenvalue weighted by Gasteiger charge is -2.31. The molecular weight excluding hydrogens is 523 g/mol. The predicted octanol–water partition coefficient (Wildman–Crippen LogP) is 4.03. The number of para-hydroxylation sites is 1. The van der Waals surface area contributed by atoms with Crippen molar-refractivity contribution in [1.82, 2.24) is 19.2 Å². The average Bonchev–Trinajstić information content (AvgIpc) is 3.49. The molecule has 0 saturated heterocycles. The molecular formula is C29H26F3N5O3. The third kappa shape index (κ3) is 4.58. The van der Waals surface area contributed by atoms with Gasteiger partial charge in [0.15, 0.2) is 0 Å². The van der Waals surface area contributed by atoms with Crippen molar-refractivity contribution in [3.05, 3.63) is 95.8 Å². The van der Waals surface area contributed by atoms with E-state index in [1.54, 1.807) is 22.9 Å². The summed E-state index contributed by atoms with van der Waals surface area (Å²) in [5.41, 5.74) is 3.63. The molecule has 1 unspecified atom stereocenters. The van der Waals surface area contributed by atoms with Crippen LogP contribution < -0.4 is 5.73 Å². The number of primary amides is 1. The van der Waals surface area contributed by atoms with E-state index in [0.29, 0.717) is 16.4 Å². The van der Waals surface area contributed by atoms with Gasteiger partial charge in [-0.3, -0.25) is 9.59 Å². The molecule has 5 rings (SSSR count). The minimum absolute atomic E-state index is 0.128. The van der Waals surface area contributed by atoms with E-state index in [1.165, 1.54) is 42.1 Å². The lowest BCUT2D eigenvalue weighted by molar-refractivity contribution is -0.247. The molecule has 206 valence electrons. The second-order valence-electron chi connectivity index (χ2n) is 9.78. The molecule has 11 heteroatoms. The highest BCUT2D eigenvalue weighted by Crippen LogP contribution is 2.47. The van der Waals surface area contributed by atoms with Crippen LogP contribution in [0.25, 0.3) is 27.5 Å². The number of aromatic nitrogens is 3. The molecule has 0 aliphatic carbocycles. The maximum absolute atomic E-state index is 14.8. The maximum atomic E-state index is 14.8. The normalized spacial score (nSPS) is 13.4. The van der Waals surface area contributed by atoms with Gasteiger partial charge < -0.3 is 20.3 Å². The number of carbonyl (C=O) groups excluding carboxylic acids is 2. The Balaban J connectivity index is 1.63. The summed E-state index contributed by atoms with van der Waals surface area (Å²) in [6.45, 7) is 1.25. The van der Waals surface area contributed by atoms with Crippen LogP contribution in [0.5, 0.6) is 0 Å². The van der Waals surface area contributed by atoms with Crippen LogP contribution in [0.4, 0.5) is 13.2 Å². The zero-order chi connectivity index (χ0) is 28.8. The summed E-state index contributed by atoms with van der Waals surface area (Å²) in [7, 11) is 1.37. The zero-order valence-corrected chi connectivity index (χ0v) is 21.7. The van der Waals surface area contributed by atoms with Crippen LogP contribution in [0, 0.1) is 6.92 Å². The Morgan fingerprint density at radius 3 is 2.40 bits per heavy atom. The van der Waals surface area contributed by atoms with Crippen molar-refractivity contribution >= 4 is 33.6 Å². The number of alkyl halides is 3. The Bertz CT molecular complexity index is 1740. The number of aryl methyl sites for hydroxylation is 1. The summed E-state index contributed by atoms with van der Waals surface area (Å²) >= 11 is 0. The van der Waals surface area contributed by atoms with Crippen molar-refractivity contribution in [3.8, 4) is 5.69 Å². The van der Waals surface area contributed by atoms with Gasteiger partial charge >= 0.3 is 6.18 Å². The SMILES string of the molecule is Cc1ccc(-n2ncc3cc(C(O)(c4cn(CC(=O)N(C)CC(N)=O)c5ccccc45)C(F)(F)F)ccc32)cc1. The first-order valence-electron chi connectivity index (χ1n) is 12.3. The molecule has 0 bridgehead atoms. The number of amides is 2. The van der Waals surface area contributed by atoms with Gasteiger partial charge in [-0.25, -0.2) is 4.68 Å². The van der Waals surface area contributed by atoms with Crippen molar-refractivity contribution in [2.45, 2.75) is 25.2 Å². The molecule has 0 radical (unpaired) electrons. The molecule has 0 aliphatic rings. The average molecular weight is 550 g/mol. The Kier molecular flexibility index (Phi) is 6.62. The molecule has 2 amide bonds. The fourth-order valence-corrected chi connectivity index (χ4v) is 4.88. The monoisotopic (exact) mass is 549 g/mol. The third-order valence-corrected chi connectivity index (χ3v) is 6.98.